The summed E-state index contributed by atoms with van der Waals surface area (Å²) in [5.74, 6) is 1.72. The second kappa shape index (κ2) is 8.34. The van der Waals surface area contributed by atoms with E-state index in [-0.39, 0.29) is 17.9 Å². The van der Waals surface area contributed by atoms with E-state index >= 15 is 0 Å². The highest BCUT2D eigenvalue weighted by Gasteiger charge is 2.34. The van der Waals surface area contributed by atoms with Gasteiger partial charge in [-0.2, -0.15) is 11.8 Å². The molecule has 2 rings (SSSR count). The number of unbranched alkanes of at least 4 members (excludes halogenated alkanes) is 1. The topological polar surface area (TPSA) is 46.6 Å². The number of rotatable bonds is 9. The van der Waals surface area contributed by atoms with Crippen molar-refractivity contribution in [2.75, 3.05) is 24.7 Å². The van der Waals surface area contributed by atoms with Crippen molar-refractivity contribution in [2.24, 2.45) is 0 Å². The van der Waals surface area contributed by atoms with Crippen LogP contribution in [-0.4, -0.2) is 47.5 Å². The lowest BCUT2D eigenvalue weighted by atomic mass is 10.1. The van der Waals surface area contributed by atoms with E-state index < -0.39 is 0 Å². The number of imide groups is 1. The van der Waals surface area contributed by atoms with E-state index in [9.17, 15) is 9.59 Å². The summed E-state index contributed by atoms with van der Waals surface area (Å²) >= 11 is 1.85. The van der Waals surface area contributed by atoms with Gasteiger partial charge in [-0.05, 0) is 44.6 Å². The van der Waals surface area contributed by atoms with E-state index in [4.69, 9.17) is 4.74 Å². The van der Waals surface area contributed by atoms with Crippen LogP contribution >= 0.6 is 11.8 Å². The van der Waals surface area contributed by atoms with E-state index in [0.29, 0.717) is 17.7 Å². The number of fused-ring (bicyclic) bond motifs is 1. The summed E-state index contributed by atoms with van der Waals surface area (Å²) in [5, 5.41) is 0. The molecule has 1 heterocycles. The van der Waals surface area contributed by atoms with E-state index in [2.05, 4.69) is 0 Å². The third kappa shape index (κ3) is 4.34. The standard InChI is InChI=1S/C17H23NO3S/c1-13(2)21-10-12-22-11-6-5-9-18-16(19)14-7-3-4-8-15(14)17(18)20/h3-4,7-8,13H,5-6,9-12H2,1-2H3. The van der Waals surface area contributed by atoms with Crippen LogP contribution in [0.2, 0.25) is 0 Å². The smallest absolute Gasteiger partial charge is 0.261 e. The molecular formula is C17H23NO3S. The van der Waals surface area contributed by atoms with Gasteiger partial charge in [-0.25, -0.2) is 0 Å². The fourth-order valence-corrected chi connectivity index (χ4v) is 3.19. The van der Waals surface area contributed by atoms with Crippen molar-refractivity contribution in [2.45, 2.75) is 32.8 Å². The van der Waals surface area contributed by atoms with Gasteiger partial charge in [0, 0.05) is 12.3 Å². The van der Waals surface area contributed by atoms with E-state index in [0.717, 1.165) is 31.0 Å². The van der Waals surface area contributed by atoms with Crippen molar-refractivity contribution in [3.63, 3.8) is 0 Å². The molecule has 0 bridgehead atoms. The Morgan fingerprint density at radius 2 is 1.68 bits per heavy atom. The lowest BCUT2D eigenvalue weighted by molar-refractivity contribution is 0.0652. The van der Waals surface area contributed by atoms with Crippen molar-refractivity contribution < 1.29 is 14.3 Å². The fourth-order valence-electron chi connectivity index (χ4n) is 2.36. The van der Waals surface area contributed by atoms with Gasteiger partial charge in [0.1, 0.15) is 0 Å². The molecule has 2 amide bonds. The van der Waals surface area contributed by atoms with Crippen molar-refractivity contribution in [3.05, 3.63) is 35.4 Å². The van der Waals surface area contributed by atoms with Crippen LogP contribution in [-0.2, 0) is 4.74 Å². The molecule has 0 saturated carbocycles. The molecule has 4 nitrogen and oxygen atoms in total. The van der Waals surface area contributed by atoms with Crippen molar-refractivity contribution in [1.29, 1.82) is 0 Å². The highest BCUT2D eigenvalue weighted by atomic mass is 32.2. The number of carbonyl (C=O) groups excluding carboxylic acids is 2. The molecule has 0 N–H and O–H groups in total. The minimum Gasteiger partial charge on any atom is -0.378 e. The maximum Gasteiger partial charge on any atom is 0.261 e. The molecule has 1 aliphatic rings. The molecule has 0 unspecified atom stereocenters. The van der Waals surface area contributed by atoms with Crippen LogP contribution in [0.1, 0.15) is 47.4 Å². The quantitative estimate of drug-likeness (QED) is 0.517. The van der Waals surface area contributed by atoms with Crippen molar-refractivity contribution >= 4 is 23.6 Å². The summed E-state index contributed by atoms with van der Waals surface area (Å²) in [4.78, 5) is 25.7. The Labute approximate surface area is 136 Å². The van der Waals surface area contributed by atoms with Crippen LogP contribution in [0.25, 0.3) is 0 Å². The maximum absolute atomic E-state index is 12.2. The minimum atomic E-state index is -0.154. The number of hydrogen-bond acceptors (Lipinski definition) is 4. The monoisotopic (exact) mass is 321 g/mol. The number of nitrogens with zero attached hydrogens (tertiary/aromatic N) is 1. The summed E-state index contributed by atoms with van der Waals surface area (Å²) in [7, 11) is 0. The first kappa shape index (κ1) is 17.0. The van der Waals surface area contributed by atoms with Crippen LogP contribution in [0, 0.1) is 0 Å². The molecule has 0 radical (unpaired) electrons. The predicted octanol–water partition coefficient (Wildman–Crippen LogP) is 3.22. The van der Waals surface area contributed by atoms with Crippen LogP contribution in [0.5, 0.6) is 0 Å². The van der Waals surface area contributed by atoms with Gasteiger partial charge in [0.2, 0.25) is 0 Å². The number of hydrogen-bond donors (Lipinski definition) is 0. The molecule has 120 valence electrons. The zero-order valence-electron chi connectivity index (χ0n) is 13.2. The average Bonchev–Trinajstić information content (AvgIpc) is 2.74. The number of thioether (sulfide) groups is 1. The second-order valence-electron chi connectivity index (χ2n) is 5.55. The van der Waals surface area contributed by atoms with Crippen LogP contribution < -0.4 is 0 Å². The lowest BCUT2D eigenvalue weighted by Gasteiger charge is -2.13. The number of ether oxygens (including phenoxy) is 1. The highest BCUT2D eigenvalue weighted by molar-refractivity contribution is 7.99. The number of benzene rings is 1. The first-order valence-electron chi connectivity index (χ1n) is 7.76. The summed E-state index contributed by atoms with van der Waals surface area (Å²) < 4.78 is 5.48. The molecule has 5 heteroatoms. The zero-order valence-corrected chi connectivity index (χ0v) is 14.0. The molecular weight excluding hydrogens is 298 g/mol. The molecule has 1 aliphatic heterocycles. The molecule has 0 aromatic heterocycles. The highest BCUT2D eigenvalue weighted by Crippen LogP contribution is 2.22. The van der Waals surface area contributed by atoms with Crippen molar-refractivity contribution in [1.82, 2.24) is 4.90 Å². The molecule has 0 atom stereocenters. The lowest BCUT2D eigenvalue weighted by Crippen LogP contribution is -2.30. The molecule has 0 spiro atoms. The van der Waals surface area contributed by atoms with Gasteiger partial charge in [-0.1, -0.05) is 12.1 Å². The van der Waals surface area contributed by atoms with Crippen LogP contribution in [0.3, 0.4) is 0 Å². The minimum absolute atomic E-state index is 0.154. The number of carbonyl (C=O) groups is 2. The van der Waals surface area contributed by atoms with Gasteiger partial charge in [0.15, 0.2) is 0 Å². The average molecular weight is 321 g/mol. The van der Waals surface area contributed by atoms with E-state index in [1.165, 1.54) is 4.90 Å². The molecule has 1 aromatic rings. The zero-order chi connectivity index (χ0) is 15.9. The Kier molecular flexibility index (Phi) is 6.46. The summed E-state index contributed by atoms with van der Waals surface area (Å²) in [6.07, 6.45) is 2.14. The first-order valence-corrected chi connectivity index (χ1v) is 8.91. The molecule has 0 saturated heterocycles. The largest absolute Gasteiger partial charge is 0.378 e. The third-order valence-corrected chi connectivity index (χ3v) is 4.51. The summed E-state index contributed by atoms with van der Waals surface area (Å²) in [6.45, 7) is 5.36. The summed E-state index contributed by atoms with van der Waals surface area (Å²) in [6, 6.07) is 7.03. The van der Waals surface area contributed by atoms with Crippen LogP contribution in [0.4, 0.5) is 0 Å². The fraction of sp³-hybridized carbons (Fsp3) is 0.529. The Morgan fingerprint density at radius 1 is 1.05 bits per heavy atom. The summed E-state index contributed by atoms with van der Waals surface area (Å²) in [5.41, 5.74) is 1.07. The third-order valence-electron chi connectivity index (χ3n) is 3.48. The Balaban J connectivity index is 1.65. The first-order chi connectivity index (χ1) is 10.6. The van der Waals surface area contributed by atoms with Gasteiger partial charge < -0.3 is 4.74 Å². The van der Waals surface area contributed by atoms with Gasteiger partial charge in [0.05, 0.1) is 23.8 Å². The molecule has 1 aromatic carbocycles. The Bertz CT molecular complexity index is 495. The Morgan fingerprint density at radius 3 is 2.27 bits per heavy atom. The van der Waals surface area contributed by atoms with Gasteiger partial charge in [-0.3, -0.25) is 14.5 Å². The Hall–Kier alpha value is -1.33. The van der Waals surface area contributed by atoms with Crippen LogP contribution in [0.15, 0.2) is 24.3 Å². The van der Waals surface area contributed by atoms with E-state index in [1.54, 1.807) is 24.3 Å². The van der Waals surface area contributed by atoms with Gasteiger partial charge >= 0.3 is 0 Å². The second-order valence-corrected chi connectivity index (χ2v) is 6.77. The molecule has 0 aliphatic carbocycles. The van der Waals surface area contributed by atoms with Gasteiger partial charge in [0.25, 0.3) is 11.8 Å². The normalized spacial score (nSPS) is 14.0. The SMILES string of the molecule is CC(C)OCCSCCCCN1C(=O)c2ccccc2C1=O. The van der Waals surface area contributed by atoms with Gasteiger partial charge in [-0.15, -0.1) is 0 Å². The molecule has 22 heavy (non-hydrogen) atoms. The predicted molar refractivity (Wildman–Crippen MR) is 89.5 cm³/mol. The van der Waals surface area contributed by atoms with Crippen molar-refractivity contribution in [3.8, 4) is 0 Å². The molecule has 0 fully saturated rings. The maximum atomic E-state index is 12.2. The van der Waals surface area contributed by atoms with E-state index in [1.807, 2.05) is 25.6 Å². The number of amides is 2.